The van der Waals surface area contributed by atoms with Gasteiger partial charge in [-0.25, -0.2) is 9.78 Å². The number of carbonyl (C=O) groups excluding carboxylic acids is 1. The van der Waals surface area contributed by atoms with E-state index in [1.54, 1.807) is 20.3 Å². The summed E-state index contributed by atoms with van der Waals surface area (Å²) in [5, 5.41) is 13.6. The number of aromatic nitrogens is 3. The van der Waals surface area contributed by atoms with E-state index in [0.29, 0.717) is 18.3 Å². The van der Waals surface area contributed by atoms with Crippen LogP contribution < -0.4 is 15.4 Å². The number of methoxy groups -OCH3 is 2. The van der Waals surface area contributed by atoms with Crippen LogP contribution in [-0.4, -0.2) is 42.0 Å². The smallest absolute Gasteiger partial charge is 0.320 e. The van der Waals surface area contributed by atoms with Crippen LogP contribution in [0.5, 0.6) is 5.88 Å². The molecule has 3 aromatic rings. The molecule has 8 nitrogen and oxygen atoms in total. The average Bonchev–Trinajstić information content (AvgIpc) is 3.10. The van der Waals surface area contributed by atoms with Crippen LogP contribution in [0.15, 0.2) is 36.4 Å². The lowest BCUT2D eigenvalue weighted by Crippen LogP contribution is -2.35. The Labute approximate surface area is 163 Å². The predicted molar refractivity (Wildman–Crippen MR) is 108 cm³/mol. The average molecular weight is 383 g/mol. The number of aromatic amines is 1. The van der Waals surface area contributed by atoms with Crippen molar-refractivity contribution in [3.63, 3.8) is 0 Å². The number of nitrogens with zero attached hydrogens (tertiary/aromatic N) is 2. The monoisotopic (exact) mass is 383 g/mol. The van der Waals surface area contributed by atoms with E-state index in [4.69, 9.17) is 9.47 Å². The van der Waals surface area contributed by atoms with Crippen molar-refractivity contribution in [2.24, 2.45) is 0 Å². The summed E-state index contributed by atoms with van der Waals surface area (Å²) >= 11 is 0. The Morgan fingerprint density at radius 1 is 1.21 bits per heavy atom. The van der Waals surface area contributed by atoms with Crippen LogP contribution in [0, 0.1) is 0 Å². The molecular weight excluding hydrogens is 358 g/mol. The Balaban J connectivity index is 1.82. The van der Waals surface area contributed by atoms with Crippen LogP contribution in [0.3, 0.4) is 0 Å². The van der Waals surface area contributed by atoms with E-state index < -0.39 is 0 Å². The van der Waals surface area contributed by atoms with Gasteiger partial charge in [-0.2, -0.15) is 0 Å². The molecular formula is C20H25N5O3. The molecule has 8 heteroatoms. The number of pyridine rings is 1. The summed E-state index contributed by atoms with van der Waals surface area (Å²) in [6.07, 6.45) is 0. The maximum atomic E-state index is 12.6. The van der Waals surface area contributed by atoms with Gasteiger partial charge in [-0.05, 0) is 11.5 Å². The quantitative estimate of drug-likeness (QED) is 0.579. The zero-order valence-corrected chi connectivity index (χ0v) is 16.4. The molecule has 148 valence electrons. The molecule has 1 unspecified atom stereocenters. The van der Waals surface area contributed by atoms with Gasteiger partial charge in [-0.3, -0.25) is 10.4 Å². The minimum Gasteiger partial charge on any atom is -0.479 e. The van der Waals surface area contributed by atoms with Crippen molar-refractivity contribution in [2.75, 3.05) is 26.1 Å². The van der Waals surface area contributed by atoms with Gasteiger partial charge in [0, 0.05) is 13.2 Å². The molecule has 0 fully saturated rings. The first-order valence-corrected chi connectivity index (χ1v) is 9.07. The summed E-state index contributed by atoms with van der Waals surface area (Å²) in [5.41, 5.74) is 2.52. The molecule has 3 rings (SSSR count). The molecule has 0 bridgehead atoms. The van der Waals surface area contributed by atoms with E-state index >= 15 is 0 Å². The summed E-state index contributed by atoms with van der Waals surface area (Å²) in [4.78, 5) is 17.2. The first kappa shape index (κ1) is 19.6. The van der Waals surface area contributed by atoms with Gasteiger partial charge in [0.2, 0.25) is 5.88 Å². The number of carbonyl (C=O) groups is 1. The lowest BCUT2D eigenvalue weighted by molar-refractivity contribution is 0.168. The van der Waals surface area contributed by atoms with Gasteiger partial charge in [0.05, 0.1) is 36.4 Å². The van der Waals surface area contributed by atoms with E-state index in [1.807, 2.05) is 44.2 Å². The molecule has 0 aliphatic rings. The largest absolute Gasteiger partial charge is 0.479 e. The van der Waals surface area contributed by atoms with E-state index in [2.05, 4.69) is 25.8 Å². The lowest BCUT2D eigenvalue weighted by atomic mass is 10.1. The van der Waals surface area contributed by atoms with Crippen molar-refractivity contribution in [3.05, 3.63) is 47.7 Å². The molecule has 2 amide bonds. The fraction of sp³-hybridized carbons (Fsp3) is 0.350. The van der Waals surface area contributed by atoms with Crippen molar-refractivity contribution >= 4 is 22.8 Å². The summed E-state index contributed by atoms with van der Waals surface area (Å²) in [7, 11) is 3.17. The van der Waals surface area contributed by atoms with E-state index in [0.717, 1.165) is 22.2 Å². The third kappa shape index (κ3) is 4.23. The van der Waals surface area contributed by atoms with Crippen LogP contribution in [-0.2, 0) is 4.74 Å². The number of ether oxygens (including phenoxy) is 2. The summed E-state index contributed by atoms with van der Waals surface area (Å²) in [6, 6.07) is 10.8. The maximum Gasteiger partial charge on any atom is 0.320 e. The molecule has 28 heavy (non-hydrogen) atoms. The molecule has 0 saturated carbocycles. The Morgan fingerprint density at radius 2 is 1.96 bits per heavy atom. The molecule has 0 saturated heterocycles. The van der Waals surface area contributed by atoms with Gasteiger partial charge in [-0.1, -0.05) is 44.2 Å². The van der Waals surface area contributed by atoms with E-state index in [-0.39, 0.29) is 18.0 Å². The highest BCUT2D eigenvalue weighted by molar-refractivity contribution is 5.93. The first-order valence-electron chi connectivity index (χ1n) is 9.07. The first-order chi connectivity index (χ1) is 13.5. The normalized spacial score (nSPS) is 12.2. The highest BCUT2D eigenvalue weighted by Gasteiger charge is 2.19. The number of urea groups is 1. The van der Waals surface area contributed by atoms with Crippen molar-refractivity contribution < 1.29 is 14.3 Å². The molecule has 3 N–H and O–H groups in total. The third-order valence-corrected chi connectivity index (χ3v) is 4.36. The van der Waals surface area contributed by atoms with Crippen LogP contribution in [0.1, 0.15) is 37.1 Å². The number of H-pyrrole nitrogens is 1. The molecule has 2 heterocycles. The van der Waals surface area contributed by atoms with E-state index in [9.17, 15) is 4.79 Å². The fourth-order valence-corrected chi connectivity index (χ4v) is 3.06. The SMILES string of the molecule is COCC(NC(=O)Nc1cc2[nH]nc(OC)c2c(C(C)C)n1)c1ccccc1. The number of fused-ring (bicyclic) bond motifs is 1. The molecule has 0 aliphatic carbocycles. The number of rotatable bonds is 7. The number of hydrogen-bond acceptors (Lipinski definition) is 5. The highest BCUT2D eigenvalue weighted by atomic mass is 16.5. The van der Waals surface area contributed by atoms with Gasteiger partial charge in [0.25, 0.3) is 0 Å². The topological polar surface area (TPSA) is 101 Å². The molecule has 1 aromatic carbocycles. The second kappa shape index (κ2) is 8.71. The van der Waals surface area contributed by atoms with Crippen molar-refractivity contribution in [1.82, 2.24) is 20.5 Å². The lowest BCUT2D eigenvalue weighted by Gasteiger charge is -2.19. The van der Waals surface area contributed by atoms with Crippen molar-refractivity contribution in [3.8, 4) is 5.88 Å². The van der Waals surface area contributed by atoms with Crippen LogP contribution in [0.4, 0.5) is 10.6 Å². The standard InChI is InChI=1S/C20H25N5O3/c1-12(2)18-17-14(24-25-19(17)28-4)10-16(22-18)23-20(26)21-15(11-27-3)13-8-6-5-7-9-13/h5-10,12,15H,11H2,1-4H3,(H,24,25)(H2,21,22,23,26). The zero-order chi connectivity index (χ0) is 20.1. The fourth-order valence-electron chi connectivity index (χ4n) is 3.06. The molecule has 0 radical (unpaired) electrons. The number of anilines is 1. The van der Waals surface area contributed by atoms with Crippen molar-refractivity contribution in [2.45, 2.75) is 25.8 Å². The molecule has 0 aliphatic heterocycles. The second-order valence-electron chi connectivity index (χ2n) is 6.72. The molecule has 0 spiro atoms. The zero-order valence-electron chi connectivity index (χ0n) is 16.4. The Hall–Kier alpha value is -3.13. The van der Waals surface area contributed by atoms with Crippen LogP contribution >= 0.6 is 0 Å². The second-order valence-corrected chi connectivity index (χ2v) is 6.72. The highest BCUT2D eigenvalue weighted by Crippen LogP contribution is 2.31. The maximum absolute atomic E-state index is 12.6. The Bertz CT molecular complexity index is 940. The molecule has 2 aromatic heterocycles. The summed E-state index contributed by atoms with van der Waals surface area (Å²) < 4.78 is 10.6. The third-order valence-electron chi connectivity index (χ3n) is 4.36. The molecule has 1 atom stereocenters. The Kier molecular flexibility index (Phi) is 6.10. The van der Waals surface area contributed by atoms with Gasteiger partial charge >= 0.3 is 6.03 Å². The van der Waals surface area contributed by atoms with Crippen LogP contribution in [0.2, 0.25) is 0 Å². The number of amides is 2. The number of nitrogens with one attached hydrogen (secondary N) is 3. The number of hydrogen-bond donors (Lipinski definition) is 3. The number of benzene rings is 1. The van der Waals surface area contributed by atoms with Gasteiger partial charge in [0.1, 0.15) is 5.82 Å². The predicted octanol–water partition coefficient (Wildman–Crippen LogP) is 3.60. The van der Waals surface area contributed by atoms with Crippen LogP contribution in [0.25, 0.3) is 10.9 Å². The van der Waals surface area contributed by atoms with Crippen molar-refractivity contribution in [1.29, 1.82) is 0 Å². The van der Waals surface area contributed by atoms with Gasteiger partial charge < -0.3 is 14.8 Å². The summed E-state index contributed by atoms with van der Waals surface area (Å²) in [6.45, 7) is 4.42. The Morgan fingerprint density at radius 3 is 2.61 bits per heavy atom. The van der Waals surface area contributed by atoms with Gasteiger partial charge in [-0.15, -0.1) is 5.10 Å². The minimum absolute atomic E-state index is 0.129. The minimum atomic E-state index is -0.362. The van der Waals surface area contributed by atoms with Gasteiger partial charge in [0.15, 0.2) is 0 Å². The summed E-state index contributed by atoms with van der Waals surface area (Å²) in [5.74, 6) is 1.06. The van der Waals surface area contributed by atoms with E-state index in [1.165, 1.54) is 0 Å².